The molecule has 3 fully saturated rings. The second-order valence-corrected chi connectivity index (χ2v) is 11.1. The van der Waals surface area contributed by atoms with Crippen molar-refractivity contribution in [3.05, 3.63) is 40.4 Å². The summed E-state index contributed by atoms with van der Waals surface area (Å²) in [6.07, 6.45) is 7.42. The zero-order valence-corrected chi connectivity index (χ0v) is 19.9. The number of quaternary nitrogens is 1. The second kappa shape index (κ2) is 8.12. The van der Waals surface area contributed by atoms with Crippen molar-refractivity contribution in [3.63, 3.8) is 0 Å². The molecule has 4 aliphatic rings. The zero-order chi connectivity index (χ0) is 21.8. The van der Waals surface area contributed by atoms with Crippen LogP contribution in [0.1, 0.15) is 45.1 Å². The fourth-order valence-corrected chi connectivity index (χ4v) is 6.95. The number of benzene rings is 1. The van der Waals surface area contributed by atoms with E-state index < -0.39 is 0 Å². The third-order valence-electron chi connectivity index (χ3n) is 8.57. The summed E-state index contributed by atoms with van der Waals surface area (Å²) in [7, 11) is 0. The number of aryl methyl sites for hydroxylation is 1. The van der Waals surface area contributed by atoms with Crippen molar-refractivity contribution in [3.8, 4) is 0 Å². The Bertz CT molecular complexity index is 891. The number of allylic oxidation sites excluding steroid dienone is 1. The van der Waals surface area contributed by atoms with E-state index in [9.17, 15) is 4.79 Å². The molecule has 1 saturated carbocycles. The minimum absolute atomic E-state index is 0.0191. The van der Waals surface area contributed by atoms with Crippen LogP contribution in [0, 0.1) is 30.1 Å². The Labute approximate surface area is 191 Å². The summed E-state index contributed by atoms with van der Waals surface area (Å²) in [4.78, 5) is 16.9. The van der Waals surface area contributed by atoms with Crippen LogP contribution in [0.2, 0.25) is 5.02 Å². The predicted molar refractivity (Wildman–Crippen MR) is 125 cm³/mol. The van der Waals surface area contributed by atoms with Crippen LogP contribution in [-0.4, -0.2) is 44.8 Å². The maximum absolute atomic E-state index is 12.9. The number of hydrogen-bond acceptors (Lipinski definition) is 3. The lowest BCUT2D eigenvalue weighted by Gasteiger charge is -2.46. The largest absolute Gasteiger partial charge is 0.461 e. The Morgan fingerprint density at radius 2 is 2.06 bits per heavy atom. The first-order valence-corrected chi connectivity index (χ1v) is 12.5. The molecule has 2 saturated heterocycles. The number of ether oxygens (including phenoxy) is 1. The van der Waals surface area contributed by atoms with Crippen LogP contribution in [0.15, 0.2) is 29.8 Å². The molecule has 168 valence electrons. The van der Waals surface area contributed by atoms with Gasteiger partial charge in [0.2, 0.25) is 0 Å². The maximum atomic E-state index is 12.9. The highest BCUT2D eigenvalue weighted by Crippen LogP contribution is 2.53. The molecule has 5 atom stereocenters. The van der Waals surface area contributed by atoms with Gasteiger partial charge in [-0.05, 0) is 55.2 Å². The number of halogens is 1. The van der Waals surface area contributed by atoms with Gasteiger partial charge in [0.15, 0.2) is 0 Å². The number of carbonyl (C=O) groups excluding carboxylic acids is 1. The summed E-state index contributed by atoms with van der Waals surface area (Å²) in [5.74, 6) is 0.984. The Morgan fingerprint density at radius 3 is 2.84 bits per heavy atom. The van der Waals surface area contributed by atoms with Gasteiger partial charge in [0.25, 0.3) is 0 Å². The smallest absolute Gasteiger partial charge is 0.315 e. The van der Waals surface area contributed by atoms with E-state index in [0.717, 1.165) is 44.2 Å². The minimum Gasteiger partial charge on any atom is -0.461 e. The number of piperazine rings is 1. The topological polar surface area (TPSA) is 34.0 Å². The average molecular weight is 444 g/mol. The van der Waals surface area contributed by atoms with E-state index in [1.807, 2.05) is 6.07 Å². The molecule has 2 heterocycles. The Kier molecular flexibility index (Phi) is 5.58. The lowest BCUT2D eigenvalue weighted by atomic mass is 9.59. The maximum Gasteiger partial charge on any atom is 0.315 e. The summed E-state index contributed by atoms with van der Waals surface area (Å²) in [5, 5.41) is 0.796. The molecule has 1 aromatic rings. The summed E-state index contributed by atoms with van der Waals surface area (Å²) < 4.78 is 5.97. The lowest BCUT2D eigenvalue weighted by molar-refractivity contribution is -0.903. The summed E-state index contributed by atoms with van der Waals surface area (Å²) in [6, 6.07) is 6.14. The van der Waals surface area contributed by atoms with Crippen molar-refractivity contribution in [2.45, 2.75) is 52.6 Å². The number of esters is 1. The fraction of sp³-hybridized carbons (Fsp3) is 0.654. The van der Waals surface area contributed by atoms with E-state index in [4.69, 9.17) is 16.3 Å². The van der Waals surface area contributed by atoms with E-state index in [2.05, 4.69) is 43.9 Å². The highest BCUT2D eigenvalue weighted by Gasteiger charge is 2.52. The highest BCUT2D eigenvalue weighted by molar-refractivity contribution is 6.30. The van der Waals surface area contributed by atoms with Crippen LogP contribution in [0.3, 0.4) is 0 Å². The number of nitrogens with zero attached hydrogens (tertiary/aromatic N) is 1. The number of fused-ring (bicyclic) bond motifs is 2. The quantitative estimate of drug-likeness (QED) is 0.571. The average Bonchev–Trinajstić information content (AvgIpc) is 3.02. The van der Waals surface area contributed by atoms with Gasteiger partial charge in [-0.15, -0.1) is 0 Å². The third-order valence-corrected chi connectivity index (χ3v) is 8.81. The molecule has 2 aliphatic heterocycles. The standard InChI is InChI=1S/C26H35ClN2O2/c1-17-5-4-8-26(3)15-24-20(14-22(17)26)21(25(30)31-24)16-28-9-11-29(12-10-28)23-13-19(27)7-6-18(23)2/h6-7,13-14,17,20-21,24H,4-5,8-12,15-16H2,1-3H3/p+1/t17-,20+,21+,24+,26-/m1/s1. The molecular weight excluding hydrogens is 408 g/mol. The van der Waals surface area contributed by atoms with Gasteiger partial charge in [-0.3, -0.25) is 4.79 Å². The lowest BCUT2D eigenvalue weighted by Crippen LogP contribution is -3.15. The van der Waals surface area contributed by atoms with Crippen LogP contribution in [0.5, 0.6) is 0 Å². The monoisotopic (exact) mass is 443 g/mol. The Balaban J connectivity index is 1.27. The first kappa shape index (κ1) is 21.3. The molecule has 0 amide bonds. The van der Waals surface area contributed by atoms with Gasteiger partial charge in [0.05, 0.1) is 32.7 Å². The molecule has 2 aliphatic carbocycles. The molecule has 0 aromatic heterocycles. The van der Waals surface area contributed by atoms with Gasteiger partial charge >= 0.3 is 5.97 Å². The van der Waals surface area contributed by atoms with Gasteiger partial charge in [0, 0.05) is 16.6 Å². The normalized spacial score (nSPS) is 35.9. The highest BCUT2D eigenvalue weighted by atomic mass is 35.5. The Morgan fingerprint density at radius 1 is 1.29 bits per heavy atom. The molecule has 5 rings (SSSR count). The van der Waals surface area contributed by atoms with E-state index >= 15 is 0 Å². The molecule has 4 nitrogen and oxygen atoms in total. The third kappa shape index (κ3) is 3.91. The molecular formula is C26H36ClN2O2+. The van der Waals surface area contributed by atoms with Gasteiger partial charge in [-0.25, -0.2) is 0 Å². The number of nitrogens with one attached hydrogen (secondary N) is 1. The molecule has 5 heteroatoms. The van der Waals surface area contributed by atoms with Gasteiger partial charge in [0.1, 0.15) is 12.0 Å². The first-order valence-electron chi connectivity index (χ1n) is 12.1. The van der Waals surface area contributed by atoms with Crippen molar-refractivity contribution >= 4 is 23.3 Å². The summed E-state index contributed by atoms with van der Waals surface area (Å²) in [5.41, 5.74) is 4.36. The minimum atomic E-state index is 0.0191. The van der Waals surface area contributed by atoms with Crippen molar-refractivity contribution in [2.24, 2.45) is 23.2 Å². The van der Waals surface area contributed by atoms with Crippen LogP contribution < -0.4 is 9.80 Å². The van der Waals surface area contributed by atoms with E-state index in [1.165, 1.54) is 35.4 Å². The fourth-order valence-electron chi connectivity index (χ4n) is 6.78. The van der Waals surface area contributed by atoms with Crippen LogP contribution in [0.25, 0.3) is 0 Å². The molecule has 31 heavy (non-hydrogen) atoms. The summed E-state index contributed by atoms with van der Waals surface area (Å²) in [6.45, 7) is 11.9. The second-order valence-electron chi connectivity index (χ2n) is 10.7. The number of hydrogen-bond donors (Lipinski definition) is 1. The SMILES string of the molecule is Cc1ccc(Cl)cc1N1CC[NH+](C[C@@H]2C(=O)O[C@H]3C[C@@]4(C)CCC[C@@H](C)C4=C[C@H]32)CC1. The van der Waals surface area contributed by atoms with Crippen LogP contribution in [-0.2, 0) is 9.53 Å². The van der Waals surface area contributed by atoms with Crippen molar-refractivity contribution < 1.29 is 14.4 Å². The van der Waals surface area contributed by atoms with E-state index in [0.29, 0.717) is 5.92 Å². The molecule has 1 N–H and O–H groups in total. The summed E-state index contributed by atoms with van der Waals surface area (Å²) >= 11 is 6.24. The molecule has 0 unspecified atom stereocenters. The van der Waals surface area contributed by atoms with Crippen molar-refractivity contribution in [2.75, 3.05) is 37.6 Å². The van der Waals surface area contributed by atoms with Gasteiger partial charge in [-0.2, -0.15) is 0 Å². The molecule has 0 radical (unpaired) electrons. The van der Waals surface area contributed by atoms with E-state index in [1.54, 1.807) is 5.57 Å². The molecule has 0 bridgehead atoms. The predicted octanol–water partition coefficient (Wildman–Crippen LogP) is 3.67. The van der Waals surface area contributed by atoms with Crippen LogP contribution in [0.4, 0.5) is 5.69 Å². The van der Waals surface area contributed by atoms with E-state index in [-0.39, 0.29) is 29.3 Å². The van der Waals surface area contributed by atoms with Crippen molar-refractivity contribution in [1.82, 2.24) is 0 Å². The Hall–Kier alpha value is -1.52. The van der Waals surface area contributed by atoms with Gasteiger partial charge < -0.3 is 14.5 Å². The zero-order valence-electron chi connectivity index (χ0n) is 19.1. The molecule has 1 aromatic carbocycles. The van der Waals surface area contributed by atoms with Crippen molar-refractivity contribution in [1.29, 1.82) is 0 Å². The van der Waals surface area contributed by atoms with Gasteiger partial charge in [-0.1, -0.05) is 49.6 Å². The number of carbonyl (C=O) groups is 1. The number of rotatable bonds is 3. The molecule has 0 spiro atoms. The van der Waals surface area contributed by atoms with Crippen LogP contribution >= 0.6 is 11.6 Å². The first-order chi connectivity index (χ1) is 14.8. The number of anilines is 1.